The van der Waals surface area contributed by atoms with Crippen LogP contribution in [0.4, 0.5) is 0 Å². The molecule has 1 aliphatic heterocycles. The van der Waals surface area contributed by atoms with Crippen LogP contribution in [0.1, 0.15) is 26.7 Å². The lowest BCUT2D eigenvalue weighted by molar-refractivity contribution is -0.135. The summed E-state index contributed by atoms with van der Waals surface area (Å²) in [5.74, 6) is 0.280. The molecule has 0 aliphatic carbocycles. The second kappa shape index (κ2) is 6.21. The highest BCUT2D eigenvalue weighted by Gasteiger charge is 2.32. The number of nitrogens with one attached hydrogen (secondary N) is 1. The average molecular weight is 227 g/mol. The quantitative estimate of drug-likeness (QED) is 0.761. The summed E-state index contributed by atoms with van der Waals surface area (Å²) in [4.78, 5) is 16.5. The van der Waals surface area contributed by atoms with Gasteiger partial charge in [0.25, 0.3) is 0 Å². The molecular formula is C12H25N3O. The van der Waals surface area contributed by atoms with E-state index in [0.29, 0.717) is 6.04 Å². The van der Waals surface area contributed by atoms with E-state index in [1.807, 2.05) is 19.0 Å². The summed E-state index contributed by atoms with van der Waals surface area (Å²) in [5.41, 5.74) is 0. The summed E-state index contributed by atoms with van der Waals surface area (Å²) >= 11 is 0. The lowest BCUT2D eigenvalue weighted by Gasteiger charge is -2.29. The monoisotopic (exact) mass is 227 g/mol. The normalized spacial score (nSPS) is 28.2. The molecule has 1 saturated heterocycles. The molecule has 1 heterocycles. The number of hydrogen-bond donors (Lipinski definition) is 1. The van der Waals surface area contributed by atoms with E-state index < -0.39 is 0 Å². The summed E-state index contributed by atoms with van der Waals surface area (Å²) in [6.45, 7) is 7.15. The van der Waals surface area contributed by atoms with Crippen LogP contribution in [0.25, 0.3) is 0 Å². The van der Waals surface area contributed by atoms with Crippen molar-refractivity contribution >= 4 is 5.91 Å². The second-order valence-electron chi connectivity index (χ2n) is 4.62. The Morgan fingerprint density at radius 3 is 2.75 bits per heavy atom. The fourth-order valence-corrected chi connectivity index (χ4v) is 2.28. The molecule has 0 aromatic rings. The SMILES string of the molecule is CCN1CCC(C)N(C)C(=O)C1CCNC. The van der Waals surface area contributed by atoms with Crippen molar-refractivity contribution in [3.8, 4) is 0 Å². The van der Waals surface area contributed by atoms with Crippen molar-refractivity contribution in [1.29, 1.82) is 0 Å². The van der Waals surface area contributed by atoms with Crippen LogP contribution in [0.5, 0.6) is 0 Å². The van der Waals surface area contributed by atoms with Gasteiger partial charge in [0.05, 0.1) is 6.04 Å². The predicted molar refractivity (Wildman–Crippen MR) is 66.4 cm³/mol. The molecule has 16 heavy (non-hydrogen) atoms. The van der Waals surface area contributed by atoms with Gasteiger partial charge in [-0.3, -0.25) is 9.69 Å². The molecule has 1 aliphatic rings. The minimum Gasteiger partial charge on any atom is -0.342 e. The van der Waals surface area contributed by atoms with Gasteiger partial charge in [-0.15, -0.1) is 0 Å². The van der Waals surface area contributed by atoms with Crippen LogP contribution in [0.2, 0.25) is 0 Å². The zero-order valence-electron chi connectivity index (χ0n) is 11.0. The first kappa shape index (κ1) is 13.5. The third-order valence-corrected chi connectivity index (χ3v) is 3.64. The van der Waals surface area contributed by atoms with Crippen LogP contribution in [-0.2, 0) is 4.79 Å². The van der Waals surface area contributed by atoms with Gasteiger partial charge in [0, 0.05) is 19.6 Å². The second-order valence-corrected chi connectivity index (χ2v) is 4.62. The average Bonchev–Trinajstić information content (AvgIpc) is 2.39. The van der Waals surface area contributed by atoms with E-state index in [9.17, 15) is 4.79 Å². The molecule has 4 nitrogen and oxygen atoms in total. The first-order chi connectivity index (χ1) is 7.61. The van der Waals surface area contributed by atoms with E-state index >= 15 is 0 Å². The number of rotatable bonds is 4. The van der Waals surface area contributed by atoms with Crippen LogP contribution < -0.4 is 5.32 Å². The molecule has 2 unspecified atom stereocenters. The van der Waals surface area contributed by atoms with E-state index in [1.54, 1.807) is 0 Å². The molecule has 1 N–H and O–H groups in total. The van der Waals surface area contributed by atoms with Crippen LogP contribution in [-0.4, -0.2) is 61.5 Å². The van der Waals surface area contributed by atoms with Crippen LogP contribution in [0.15, 0.2) is 0 Å². The van der Waals surface area contributed by atoms with Gasteiger partial charge in [0.1, 0.15) is 0 Å². The Labute approximate surface area is 99.0 Å². The molecule has 4 heteroatoms. The fourth-order valence-electron chi connectivity index (χ4n) is 2.28. The van der Waals surface area contributed by atoms with Gasteiger partial charge in [-0.25, -0.2) is 0 Å². The first-order valence-corrected chi connectivity index (χ1v) is 6.27. The highest BCUT2D eigenvalue weighted by atomic mass is 16.2. The van der Waals surface area contributed by atoms with E-state index in [-0.39, 0.29) is 11.9 Å². The maximum absolute atomic E-state index is 12.3. The highest BCUT2D eigenvalue weighted by molar-refractivity contribution is 5.82. The topological polar surface area (TPSA) is 35.6 Å². The van der Waals surface area contributed by atoms with Crippen LogP contribution >= 0.6 is 0 Å². The number of nitrogens with zero attached hydrogens (tertiary/aromatic N) is 2. The van der Waals surface area contributed by atoms with Gasteiger partial charge in [0.2, 0.25) is 5.91 Å². The van der Waals surface area contributed by atoms with Crippen molar-refractivity contribution < 1.29 is 4.79 Å². The molecule has 0 radical (unpaired) electrons. The van der Waals surface area contributed by atoms with Crippen molar-refractivity contribution in [2.45, 2.75) is 38.8 Å². The first-order valence-electron chi connectivity index (χ1n) is 6.27. The minimum atomic E-state index is 0.0624. The van der Waals surface area contributed by atoms with Gasteiger partial charge >= 0.3 is 0 Å². The molecule has 1 amide bonds. The molecular weight excluding hydrogens is 202 g/mol. The summed E-state index contributed by atoms with van der Waals surface area (Å²) in [7, 11) is 3.86. The third kappa shape index (κ3) is 2.95. The summed E-state index contributed by atoms with van der Waals surface area (Å²) < 4.78 is 0. The number of carbonyl (C=O) groups is 1. The Morgan fingerprint density at radius 1 is 1.50 bits per heavy atom. The van der Waals surface area contributed by atoms with E-state index in [4.69, 9.17) is 0 Å². The predicted octanol–water partition coefficient (Wildman–Crippen LogP) is 0.537. The maximum atomic E-state index is 12.3. The van der Waals surface area contributed by atoms with Gasteiger partial charge in [-0.1, -0.05) is 6.92 Å². The fraction of sp³-hybridized carbons (Fsp3) is 0.917. The van der Waals surface area contributed by atoms with Crippen molar-refractivity contribution in [3.05, 3.63) is 0 Å². The van der Waals surface area contributed by atoms with Gasteiger partial charge in [0.15, 0.2) is 0 Å². The van der Waals surface area contributed by atoms with E-state index in [0.717, 1.165) is 32.5 Å². The van der Waals surface area contributed by atoms with E-state index in [2.05, 4.69) is 24.1 Å². The Morgan fingerprint density at radius 2 is 2.19 bits per heavy atom. The van der Waals surface area contributed by atoms with Crippen molar-refractivity contribution in [1.82, 2.24) is 15.1 Å². The van der Waals surface area contributed by atoms with Gasteiger partial charge in [-0.2, -0.15) is 0 Å². The van der Waals surface area contributed by atoms with E-state index in [1.165, 1.54) is 0 Å². The zero-order valence-corrected chi connectivity index (χ0v) is 11.0. The summed E-state index contributed by atoms with van der Waals surface area (Å²) in [6, 6.07) is 0.425. The Kier molecular flexibility index (Phi) is 5.22. The lowest BCUT2D eigenvalue weighted by atomic mass is 10.1. The molecule has 94 valence electrons. The van der Waals surface area contributed by atoms with Crippen LogP contribution in [0, 0.1) is 0 Å². The Bertz CT molecular complexity index is 232. The van der Waals surface area contributed by atoms with Gasteiger partial charge < -0.3 is 10.2 Å². The van der Waals surface area contributed by atoms with Crippen molar-refractivity contribution in [3.63, 3.8) is 0 Å². The highest BCUT2D eigenvalue weighted by Crippen LogP contribution is 2.16. The van der Waals surface area contributed by atoms with Crippen LogP contribution in [0.3, 0.4) is 0 Å². The molecule has 0 bridgehead atoms. The third-order valence-electron chi connectivity index (χ3n) is 3.64. The largest absolute Gasteiger partial charge is 0.342 e. The molecule has 1 rings (SSSR count). The number of likely N-dealkylation sites (N-methyl/N-ethyl adjacent to an activating group) is 2. The summed E-state index contributed by atoms with van der Waals surface area (Å²) in [5, 5.41) is 3.13. The molecule has 1 fully saturated rings. The van der Waals surface area contributed by atoms with Crippen molar-refractivity contribution in [2.24, 2.45) is 0 Å². The standard InChI is InChI=1S/C12H25N3O/c1-5-15-9-7-10(2)14(4)12(16)11(15)6-8-13-3/h10-11,13H,5-9H2,1-4H3. The van der Waals surface area contributed by atoms with Gasteiger partial charge in [-0.05, 0) is 39.9 Å². The smallest absolute Gasteiger partial charge is 0.239 e. The minimum absolute atomic E-state index is 0.0624. The maximum Gasteiger partial charge on any atom is 0.239 e. The molecule has 0 aromatic carbocycles. The number of hydrogen-bond acceptors (Lipinski definition) is 3. The molecule has 2 atom stereocenters. The number of amides is 1. The molecule has 0 aromatic heterocycles. The zero-order chi connectivity index (χ0) is 12.1. The molecule has 0 spiro atoms. The number of carbonyl (C=O) groups excluding carboxylic acids is 1. The lowest BCUT2D eigenvalue weighted by Crippen LogP contribution is -2.46. The Hall–Kier alpha value is -0.610. The van der Waals surface area contributed by atoms with Crippen molar-refractivity contribution in [2.75, 3.05) is 33.7 Å². The summed E-state index contributed by atoms with van der Waals surface area (Å²) in [6.07, 6.45) is 1.98. The Balaban J connectivity index is 2.75. The molecule has 0 saturated carbocycles.